The molecule has 12 heteroatoms. The van der Waals surface area contributed by atoms with E-state index < -0.39 is 16.7 Å². The molecule has 1 aromatic heterocycles. The second-order valence-corrected chi connectivity index (χ2v) is 9.90. The maximum Gasteiger partial charge on any atom is 0.220 e. The third-order valence-corrected chi connectivity index (χ3v) is 7.10. The molecule has 0 N–H and O–H groups in total. The van der Waals surface area contributed by atoms with Gasteiger partial charge in [0.05, 0.1) is 17.2 Å². The van der Waals surface area contributed by atoms with Gasteiger partial charge in [0, 0.05) is 10.6 Å². The number of aryl methyl sites for hydroxylation is 1. The van der Waals surface area contributed by atoms with Crippen LogP contribution >= 0.6 is 35.0 Å². The topological polar surface area (TPSA) is 92.3 Å². The molecule has 1 heterocycles. The summed E-state index contributed by atoms with van der Waals surface area (Å²) in [4.78, 5) is 11.1. The number of benzene rings is 3. The lowest BCUT2D eigenvalue weighted by Crippen LogP contribution is -2.11. The fourth-order valence-corrected chi connectivity index (χ4v) is 5.37. The number of nitro groups is 1. The summed E-state index contributed by atoms with van der Waals surface area (Å²) in [6.45, 7) is 1.44. The van der Waals surface area contributed by atoms with Crippen LogP contribution in [0.25, 0.3) is 5.69 Å². The number of hydrogen-bond donors (Lipinski definition) is 0. The van der Waals surface area contributed by atoms with Gasteiger partial charge >= 0.3 is 0 Å². The van der Waals surface area contributed by atoms with E-state index in [2.05, 4.69) is 10.2 Å². The number of ether oxygens (including phenoxy) is 2. The van der Waals surface area contributed by atoms with Crippen molar-refractivity contribution in [1.29, 1.82) is 0 Å². The van der Waals surface area contributed by atoms with Crippen LogP contribution in [0.4, 0.5) is 4.39 Å². The molecule has 0 saturated heterocycles. The van der Waals surface area contributed by atoms with Gasteiger partial charge in [-0.15, -0.1) is 10.2 Å². The summed E-state index contributed by atoms with van der Waals surface area (Å²) in [5, 5.41) is 20.1. The van der Waals surface area contributed by atoms with Crippen molar-refractivity contribution >= 4 is 35.0 Å². The van der Waals surface area contributed by atoms with Crippen molar-refractivity contribution in [2.45, 2.75) is 23.9 Å². The number of hydrogen-bond acceptors (Lipinski definition) is 7. The van der Waals surface area contributed by atoms with Crippen molar-refractivity contribution < 1.29 is 18.8 Å². The molecular formula is C25H21Cl2FN4O4S. The minimum atomic E-state index is -0.678. The highest BCUT2D eigenvalue weighted by Crippen LogP contribution is 2.42. The first kappa shape index (κ1) is 26.7. The average molecular weight is 563 g/mol. The van der Waals surface area contributed by atoms with E-state index in [1.54, 1.807) is 55.0 Å². The zero-order chi connectivity index (χ0) is 26.5. The van der Waals surface area contributed by atoms with Gasteiger partial charge in [0.15, 0.2) is 10.9 Å². The summed E-state index contributed by atoms with van der Waals surface area (Å²) in [6.07, 6.45) is 0. The lowest BCUT2D eigenvalue weighted by atomic mass is 10.1. The maximum atomic E-state index is 13.5. The van der Waals surface area contributed by atoms with Gasteiger partial charge in [-0.2, -0.15) is 0 Å². The van der Waals surface area contributed by atoms with Gasteiger partial charge in [-0.25, -0.2) is 4.39 Å². The van der Waals surface area contributed by atoms with E-state index in [0.29, 0.717) is 27.9 Å². The summed E-state index contributed by atoms with van der Waals surface area (Å²) < 4.78 is 26.2. The Labute approximate surface area is 226 Å². The maximum absolute atomic E-state index is 13.5. The molecule has 1 atom stereocenters. The lowest BCUT2D eigenvalue weighted by molar-refractivity contribution is -0.479. The zero-order valence-corrected chi connectivity index (χ0v) is 22.1. The van der Waals surface area contributed by atoms with Crippen molar-refractivity contribution in [3.63, 3.8) is 0 Å². The van der Waals surface area contributed by atoms with Crippen LogP contribution in [0.15, 0.2) is 65.8 Å². The molecule has 0 aliphatic carbocycles. The van der Waals surface area contributed by atoms with E-state index in [4.69, 9.17) is 32.7 Å². The molecule has 0 aliphatic rings. The predicted molar refractivity (Wildman–Crippen MR) is 140 cm³/mol. The number of halogens is 3. The van der Waals surface area contributed by atoms with Crippen LogP contribution in [0.5, 0.6) is 11.5 Å². The Morgan fingerprint density at radius 2 is 1.81 bits per heavy atom. The number of nitrogens with zero attached hydrogens (tertiary/aromatic N) is 4. The Balaban J connectivity index is 1.61. The van der Waals surface area contributed by atoms with Crippen molar-refractivity contribution in [3.8, 4) is 17.2 Å². The van der Waals surface area contributed by atoms with Crippen LogP contribution in [0, 0.1) is 22.9 Å². The van der Waals surface area contributed by atoms with Gasteiger partial charge in [-0.1, -0.05) is 47.1 Å². The lowest BCUT2D eigenvalue weighted by Gasteiger charge is -2.17. The summed E-state index contributed by atoms with van der Waals surface area (Å²) in [5.41, 5.74) is 1.91. The van der Waals surface area contributed by atoms with Gasteiger partial charge in [-0.3, -0.25) is 14.7 Å². The molecule has 8 nitrogen and oxygen atoms in total. The number of aromatic nitrogens is 3. The molecule has 37 heavy (non-hydrogen) atoms. The SMILES string of the molecule is COc1ccc(-n2c(C)nnc2S[C@H](C[N+](=O)[O-])c2cc(Cl)c(OCc3cccc(F)c3)c(Cl)c2)cc1. The zero-order valence-electron chi connectivity index (χ0n) is 19.7. The number of thioether (sulfide) groups is 1. The van der Waals surface area contributed by atoms with E-state index in [-0.39, 0.29) is 28.2 Å². The third kappa shape index (κ3) is 6.51. The summed E-state index contributed by atoms with van der Waals surface area (Å²) in [5.74, 6) is 1.13. The van der Waals surface area contributed by atoms with Crippen molar-refractivity contribution in [3.05, 3.63) is 104 Å². The van der Waals surface area contributed by atoms with E-state index in [0.717, 1.165) is 5.69 Å². The smallest absolute Gasteiger partial charge is 0.220 e. The van der Waals surface area contributed by atoms with Crippen LogP contribution in [0.1, 0.15) is 22.2 Å². The second kappa shape index (κ2) is 11.8. The molecular weight excluding hydrogens is 542 g/mol. The average Bonchev–Trinajstić information content (AvgIpc) is 3.22. The molecule has 0 bridgehead atoms. The molecule has 4 aromatic rings. The predicted octanol–water partition coefficient (Wildman–Crippen LogP) is 6.72. The molecule has 0 fully saturated rings. The molecule has 3 aromatic carbocycles. The number of methoxy groups -OCH3 is 1. The van der Waals surface area contributed by atoms with Crippen LogP contribution < -0.4 is 9.47 Å². The molecule has 0 saturated carbocycles. The molecule has 0 spiro atoms. The number of rotatable bonds is 10. The minimum absolute atomic E-state index is 0.0495. The van der Waals surface area contributed by atoms with E-state index in [9.17, 15) is 14.5 Å². The Hall–Kier alpha value is -3.34. The molecule has 0 aliphatic heterocycles. The molecule has 0 radical (unpaired) electrons. The van der Waals surface area contributed by atoms with Crippen molar-refractivity contribution in [1.82, 2.24) is 14.8 Å². The summed E-state index contributed by atoms with van der Waals surface area (Å²) >= 11 is 14.1. The quantitative estimate of drug-likeness (QED) is 0.120. The van der Waals surface area contributed by atoms with E-state index in [1.165, 1.54) is 23.9 Å². The largest absolute Gasteiger partial charge is 0.497 e. The minimum Gasteiger partial charge on any atom is -0.497 e. The standard InChI is InChI=1S/C25H21Cl2FN4O4S/c1-15-29-30-25(32(15)19-6-8-20(35-2)9-7-19)37-23(13-31(33)34)17-11-21(26)24(22(27)12-17)36-14-16-4-3-5-18(28)10-16/h3-12,23H,13-14H2,1-2H3/t23-/m1/s1. The normalized spacial score (nSPS) is 11.8. The van der Waals surface area contributed by atoms with Crippen LogP contribution in [-0.2, 0) is 6.61 Å². The second-order valence-electron chi connectivity index (χ2n) is 7.92. The Bertz CT molecular complexity index is 1400. The summed E-state index contributed by atoms with van der Waals surface area (Å²) in [6, 6.07) is 16.4. The van der Waals surface area contributed by atoms with E-state index in [1.807, 2.05) is 12.1 Å². The van der Waals surface area contributed by atoms with Crippen molar-refractivity contribution in [2.24, 2.45) is 0 Å². The van der Waals surface area contributed by atoms with Crippen molar-refractivity contribution in [2.75, 3.05) is 13.7 Å². The highest BCUT2D eigenvalue weighted by atomic mass is 35.5. The molecule has 4 rings (SSSR count). The first-order valence-corrected chi connectivity index (χ1v) is 12.6. The fraction of sp³-hybridized carbons (Fsp3) is 0.200. The fourth-order valence-electron chi connectivity index (χ4n) is 3.61. The molecule has 192 valence electrons. The first-order valence-electron chi connectivity index (χ1n) is 11.0. The van der Waals surface area contributed by atoms with Gasteiger partial charge < -0.3 is 9.47 Å². The van der Waals surface area contributed by atoms with Crippen LogP contribution in [-0.4, -0.2) is 33.3 Å². The van der Waals surface area contributed by atoms with Gasteiger partial charge in [0.2, 0.25) is 6.54 Å². The highest BCUT2D eigenvalue weighted by Gasteiger charge is 2.26. The van der Waals surface area contributed by atoms with Gasteiger partial charge in [0.1, 0.15) is 29.2 Å². The van der Waals surface area contributed by atoms with Gasteiger partial charge in [-0.05, 0) is 66.6 Å². The van der Waals surface area contributed by atoms with Crippen LogP contribution in [0.3, 0.4) is 0 Å². The Morgan fingerprint density at radius 3 is 2.43 bits per heavy atom. The Kier molecular flexibility index (Phi) is 8.52. The van der Waals surface area contributed by atoms with E-state index >= 15 is 0 Å². The Morgan fingerprint density at radius 1 is 1.11 bits per heavy atom. The molecule has 0 unspecified atom stereocenters. The molecule has 0 amide bonds. The van der Waals surface area contributed by atoms with Crippen LogP contribution in [0.2, 0.25) is 10.0 Å². The highest BCUT2D eigenvalue weighted by molar-refractivity contribution is 7.99. The first-order chi connectivity index (χ1) is 17.7. The van der Waals surface area contributed by atoms with Gasteiger partial charge in [0.25, 0.3) is 0 Å². The third-order valence-electron chi connectivity index (χ3n) is 5.35. The monoisotopic (exact) mass is 562 g/mol. The summed E-state index contributed by atoms with van der Waals surface area (Å²) in [7, 11) is 1.58.